The molecule has 3 aromatic carbocycles. The van der Waals surface area contributed by atoms with Crippen molar-refractivity contribution in [3.8, 4) is 0 Å². The number of rotatable bonds is 4. The zero-order valence-corrected chi connectivity index (χ0v) is 18.0. The molecule has 0 aromatic heterocycles. The third-order valence-corrected chi connectivity index (χ3v) is 5.69. The van der Waals surface area contributed by atoms with Crippen LogP contribution in [0.25, 0.3) is 0 Å². The summed E-state index contributed by atoms with van der Waals surface area (Å²) in [4.78, 5) is 27.4. The molecule has 1 aliphatic heterocycles. The molecule has 1 atom stereocenters. The van der Waals surface area contributed by atoms with E-state index in [9.17, 15) is 14.7 Å². The molecule has 3 aromatic rings. The number of carbonyl (C=O) groups excluding carboxylic acids is 2. The van der Waals surface area contributed by atoms with Gasteiger partial charge in [-0.1, -0.05) is 41.4 Å². The van der Waals surface area contributed by atoms with Crippen molar-refractivity contribution in [1.29, 1.82) is 0 Å². The first-order valence-electron chi connectivity index (χ1n) is 9.82. The summed E-state index contributed by atoms with van der Waals surface area (Å²) in [5.74, 6) is -0.494. The summed E-state index contributed by atoms with van der Waals surface area (Å²) in [6, 6.07) is 19.1. The number of aliphatic hydroxyl groups excluding tert-OH is 1. The molecule has 0 fully saturated rings. The maximum Gasteiger partial charge on any atom is 0.258 e. The minimum Gasteiger partial charge on any atom is -0.396 e. The van der Waals surface area contributed by atoms with Crippen LogP contribution in [0, 0.1) is 5.92 Å². The van der Waals surface area contributed by atoms with E-state index in [-0.39, 0.29) is 24.3 Å². The van der Waals surface area contributed by atoms with Crippen molar-refractivity contribution in [3.63, 3.8) is 0 Å². The van der Waals surface area contributed by atoms with E-state index in [2.05, 4.69) is 5.32 Å². The van der Waals surface area contributed by atoms with Gasteiger partial charge in [0.1, 0.15) is 0 Å². The molecule has 2 N–H and O–H groups in total. The molecule has 5 nitrogen and oxygen atoms in total. The number of aliphatic hydroxyl groups is 1. The van der Waals surface area contributed by atoms with Gasteiger partial charge in [0.05, 0.1) is 0 Å². The van der Waals surface area contributed by atoms with Gasteiger partial charge in [0.25, 0.3) is 11.8 Å². The zero-order chi connectivity index (χ0) is 22.0. The minimum atomic E-state index is -0.348. The average molecular weight is 455 g/mol. The lowest BCUT2D eigenvalue weighted by Gasteiger charge is -2.34. The van der Waals surface area contributed by atoms with Crippen molar-refractivity contribution < 1.29 is 14.7 Å². The van der Waals surface area contributed by atoms with Crippen molar-refractivity contribution in [2.45, 2.75) is 6.42 Å². The molecule has 158 valence electrons. The van der Waals surface area contributed by atoms with Crippen LogP contribution in [0.4, 0.5) is 11.4 Å². The van der Waals surface area contributed by atoms with E-state index >= 15 is 0 Å². The second-order valence-corrected chi connectivity index (χ2v) is 8.36. The number of halogens is 2. The Balaban J connectivity index is 1.51. The molecule has 1 aliphatic rings. The highest BCUT2D eigenvalue weighted by Gasteiger charge is 2.28. The van der Waals surface area contributed by atoms with Crippen molar-refractivity contribution >= 4 is 46.4 Å². The Labute approximate surface area is 190 Å². The average Bonchev–Trinajstić information content (AvgIpc) is 2.77. The number of nitrogens with zero attached hydrogens (tertiary/aromatic N) is 1. The molecule has 4 rings (SSSR count). The van der Waals surface area contributed by atoms with Crippen molar-refractivity contribution in [2.24, 2.45) is 5.92 Å². The third-order valence-electron chi connectivity index (χ3n) is 5.25. The molecule has 0 saturated heterocycles. The van der Waals surface area contributed by atoms with Crippen LogP contribution in [-0.4, -0.2) is 30.1 Å². The second kappa shape index (κ2) is 9.10. The van der Waals surface area contributed by atoms with Gasteiger partial charge in [0, 0.05) is 51.6 Å². The fraction of sp³-hybridized carbons (Fsp3) is 0.167. The first-order chi connectivity index (χ1) is 14.9. The molecule has 31 heavy (non-hydrogen) atoms. The predicted molar refractivity (Wildman–Crippen MR) is 123 cm³/mol. The predicted octanol–water partition coefficient (Wildman–Crippen LogP) is 5.06. The van der Waals surface area contributed by atoms with Gasteiger partial charge < -0.3 is 15.3 Å². The van der Waals surface area contributed by atoms with Crippen molar-refractivity contribution in [3.05, 3.63) is 93.5 Å². The van der Waals surface area contributed by atoms with E-state index in [1.165, 1.54) is 12.1 Å². The Morgan fingerprint density at radius 3 is 2.32 bits per heavy atom. The molecule has 0 bridgehead atoms. The molecule has 0 saturated carbocycles. The lowest BCUT2D eigenvalue weighted by atomic mass is 9.92. The van der Waals surface area contributed by atoms with E-state index in [1.54, 1.807) is 35.2 Å². The molecule has 0 radical (unpaired) electrons. The number of anilines is 2. The second-order valence-electron chi connectivity index (χ2n) is 7.49. The summed E-state index contributed by atoms with van der Waals surface area (Å²) < 4.78 is 0. The maximum atomic E-state index is 13.2. The number of para-hydroxylation sites is 1. The third kappa shape index (κ3) is 4.74. The monoisotopic (exact) mass is 454 g/mol. The SMILES string of the molecule is O=C(Nc1ccc(C(=O)N2CC(CO)Cc3ccccc32)cc1)c1cc(Cl)cc(Cl)c1. The van der Waals surface area contributed by atoms with E-state index in [4.69, 9.17) is 23.2 Å². The Kier molecular flexibility index (Phi) is 6.28. The van der Waals surface area contributed by atoms with Gasteiger partial charge in [-0.25, -0.2) is 0 Å². The summed E-state index contributed by atoms with van der Waals surface area (Å²) in [5.41, 5.74) is 3.30. The summed E-state index contributed by atoms with van der Waals surface area (Å²) >= 11 is 11.9. The van der Waals surface area contributed by atoms with E-state index < -0.39 is 0 Å². The van der Waals surface area contributed by atoms with Crippen LogP contribution in [0.15, 0.2) is 66.7 Å². The van der Waals surface area contributed by atoms with Gasteiger partial charge in [-0.15, -0.1) is 0 Å². The molecule has 2 amide bonds. The van der Waals surface area contributed by atoms with Crippen LogP contribution in [-0.2, 0) is 6.42 Å². The number of carbonyl (C=O) groups is 2. The molecule has 1 heterocycles. The summed E-state index contributed by atoms with van der Waals surface area (Å²) in [6.07, 6.45) is 0.745. The fourth-order valence-corrected chi connectivity index (χ4v) is 4.26. The van der Waals surface area contributed by atoms with Crippen LogP contribution in [0.3, 0.4) is 0 Å². The van der Waals surface area contributed by atoms with Gasteiger partial charge in [-0.2, -0.15) is 0 Å². The van der Waals surface area contributed by atoms with Crippen LogP contribution >= 0.6 is 23.2 Å². The van der Waals surface area contributed by atoms with Gasteiger partial charge in [0.15, 0.2) is 0 Å². The number of hydrogen-bond acceptors (Lipinski definition) is 3. The van der Waals surface area contributed by atoms with Crippen molar-refractivity contribution in [2.75, 3.05) is 23.4 Å². The lowest BCUT2D eigenvalue weighted by molar-refractivity contribution is 0.0973. The number of benzene rings is 3. The maximum absolute atomic E-state index is 13.2. The smallest absolute Gasteiger partial charge is 0.258 e. The van der Waals surface area contributed by atoms with E-state index in [0.717, 1.165) is 17.7 Å². The highest BCUT2D eigenvalue weighted by molar-refractivity contribution is 6.35. The first-order valence-corrected chi connectivity index (χ1v) is 10.6. The summed E-state index contributed by atoms with van der Waals surface area (Å²) in [5, 5.41) is 13.2. The standard InChI is InChI=1S/C24H20Cl2N2O3/c25-19-10-18(11-20(26)12-19)23(30)27-21-7-5-16(6-8-21)24(31)28-13-15(14-29)9-17-3-1-2-4-22(17)28/h1-8,10-12,15,29H,9,13-14H2,(H,27,30). The van der Waals surface area contributed by atoms with Crippen LogP contribution < -0.4 is 10.2 Å². The van der Waals surface area contributed by atoms with Crippen LogP contribution in [0.5, 0.6) is 0 Å². The molecule has 0 aliphatic carbocycles. The number of fused-ring (bicyclic) bond motifs is 1. The molecular weight excluding hydrogens is 435 g/mol. The van der Waals surface area contributed by atoms with Gasteiger partial charge in [-0.05, 0) is 60.5 Å². The minimum absolute atomic E-state index is 0.00179. The van der Waals surface area contributed by atoms with E-state index in [0.29, 0.717) is 33.4 Å². The number of nitrogens with one attached hydrogen (secondary N) is 1. The zero-order valence-electron chi connectivity index (χ0n) is 16.5. The number of amides is 2. The quantitative estimate of drug-likeness (QED) is 0.578. The lowest BCUT2D eigenvalue weighted by Crippen LogP contribution is -2.41. The van der Waals surface area contributed by atoms with Crippen molar-refractivity contribution in [1.82, 2.24) is 0 Å². The summed E-state index contributed by atoms with van der Waals surface area (Å²) in [7, 11) is 0. The summed E-state index contributed by atoms with van der Waals surface area (Å²) in [6.45, 7) is 0.483. The molecule has 1 unspecified atom stereocenters. The Bertz CT molecular complexity index is 1110. The fourth-order valence-electron chi connectivity index (χ4n) is 3.73. The highest BCUT2D eigenvalue weighted by atomic mass is 35.5. The molecule has 0 spiro atoms. The topological polar surface area (TPSA) is 69.6 Å². The largest absolute Gasteiger partial charge is 0.396 e. The van der Waals surface area contributed by atoms with Crippen LogP contribution in [0.2, 0.25) is 10.0 Å². The number of hydrogen-bond donors (Lipinski definition) is 2. The normalized spacial score (nSPS) is 15.3. The highest BCUT2D eigenvalue weighted by Crippen LogP contribution is 2.31. The molecular formula is C24H20Cl2N2O3. The first kappa shape index (κ1) is 21.4. The van der Waals surface area contributed by atoms with Gasteiger partial charge in [0.2, 0.25) is 0 Å². The van der Waals surface area contributed by atoms with Gasteiger partial charge >= 0.3 is 0 Å². The Hall–Kier alpha value is -2.86. The Morgan fingerprint density at radius 1 is 0.968 bits per heavy atom. The van der Waals surface area contributed by atoms with Crippen LogP contribution in [0.1, 0.15) is 26.3 Å². The molecule has 7 heteroatoms. The van der Waals surface area contributed by atoms with Gasteiger partial charge in [-0.3, -0.25) is 9.59 Å². The van der Waals surface area contributed by atoms with E-state index in [1.807, 2.05) is 24.3 Å². The Morgan fingerprint density at radius 2 is 1.65 bits per heavy atom.